The first kappa shape index (κ1) is 9.11. The van der Waals surface area contributed by atoms with Crippen molar-refractivity contribution in [3.63, 3.8) is 0 Å². The van der Waals surface area contributed by atoms with Gasteiger partial charge in [0.25, 0.3) is 0 Å². The molecule has 0 aliphatic heterocycles. The summed E-state index contributed by atoms with van der Waals surface area (Å²) in [7, 11) is 0. The molecule has 1 aromatic rings. The Bertz CT molecular complexity index is 199. The van der Waals surface area contributed by atoms with Crippen molar-refractivity contribution in [3.8, 4) is 0 Å². The zero-order chi connectivity index (χ0) is 8.65. The van der Waals surface area contributed by atoms with Crippen molar-refractivity contribution in [1.29, 1.82) is 0 Å². The van der Waals surface area contributed by atoms with Gasteiger partial charge in [0.2, 0.25) is 0 Å². The smallest absolute Gasteiger partial charge is 0.103 e. The van der Waals surface area contributed by atoms with Crippen molar-refractivity contribution in [2.45, 2.75) is 32.1 Å². The van der Waals surface area contributed by atoms with E-state index in [1.807, 2.05) is 18.2 Å². The highest BCUT2D eigenvalue weighted by molar-refractivity contribution is 4.97. The van der Waals surface area contributed by atoms with Gasteiger partial charge in [-0.3, -0.25) is 0 Å². The highest BCUT2D eigenvalue weighted by atomic mass is 16.3. The third-order valence-electron chi connectivity index (χ3n) is 1.91. The van der Waals surface area contributed by atoms with Crippen LogP contribution in [0.15, 0.2) is 35.5 Å². The van der Waals surface area contributed by atoms with E-state index in [2.05, 4.69) is 6.58 Å². The third-order valence-corrected chi connectivity index (χ3v) is 1.91. The van der Waals surface area contributed by atoms with E-state index >= 15 is 0 Å². The third kappa shape index (κ3) is 3.42. The van der Waals surface area contributed by atoms with Gasteiger partial charge in [0.15, 0.2) is 0 Å². The minimum absolute atomic E-state index is 1.07. The summed E-state index contributed by atoms with van der Waals surface area (Å²) in [6.45, 7) is 3.69. The molecule has 0 aromatic carbocycles. The molecule has 0 saturated carbocycles. The first-order valence-electron chi connectivity index (χ1n) is 4.57. The average Bonchev–Trinajstić information content (AvgIpc) is 2.57. The predicted octanol–water partition coefficient (Wildman–Crippen LogP) is 3.57. The van der Waals surface area contributed by atoms with E-state index < -0.39 is 0 Å². The minimum Gasteiger partial charge on any atom is -0.469 e. The number of hydrogen-bond donors (Lipinski definition) is 0. The maximum absolute atomic E-state index is 5.22. The number of rotatable bonds is 6. The summed E-state index contributed by atoms with van der Waals surface area (Å²) in [6, 6.07) is 3.98. The summed E-state index contributed by atoms with van der Waals surface area (Å²) in [4.78, 5) is 0. The van der Waals surface area contributed by atoms with Crippen LogP contribution in [0, 0.1) is 0 Å². The Balaban J connectivity index is 2.00. The van der Waals surface area contributed by atoms with Crippen molar-refractivity contribution in [2.24, 2.45) is 0 Å². The zero-order valence-electron chi connectivity index (χ0n) is 7.46. The molecule has 0 fully saturated rings. The molecular formula is C11H16O. The number of hydrogen-bond acceptors (Lipinski definition) is 1. The molecule has 12 heavy (non-hydrogen) atoms. The topological polar surface area (TPSA) is 13.1 Å². The first-order chi connectivity index (χ1) is 5.93. The monoisotopic (exact) mass is 164 g/mol. The summed E-state index contributed by atoms with van der Waals surface area (Å²) >= 11 is 0. The largest absolute Gasteiger partial charge is 0.469 e. The number of aryl methyl sites for hydroxylation is 1. The molecule has 0 amide bonds. The molecule has 0 bridgehead atoms. The SMILES string of the molecule is C=CCCCCCc1ccco1. The fraction of sp³-hybridized carbons (Fsp3) is 0.455. The predicted molar refractivity (Wildman–Crippen MR) is 51.1 cm³/mol. The molecule has 0 aliphatic carbocycles. The van der Waals surface area contributed by atoms with Gasteiger partial charge in [-0.1, -0.05) is 12.5 Å². The van der Waals surface area contributed by atoms with Crippen molar-refractivity contribution in [2.75, 3.05) is 0 Å². The Hall–Kier alpha value is -0.980. The van der Waals surface area contributed by atoms with Gasteiger partial charge < -0.3 is 4.42 Å². The Labute approximate surface area is 74.1 Å². The lowest BCUT2D eigenvalue weighted by atomic mass is 10.1. The second-order valence-electron chi connectivity index (χ2n) is 2.97. The summed E-state index contributed by atoms with van der Waals surface area (Å²) in [5, 5.41) is 0. The fourth-order valence-electron chi connectivity index (χ4n) is 1.22. The van der Waals surface area contributed by atoms with Gasteiger partial charge in [-0.25, -0.2) is 0 Å². The van der Waals surface area contributed by atoms with Crippen LogP contribution in [-0.4, -0.2) is 0 Å². The van der Waals surface area contributed by atoms with Crippen LogP contribution in [0.5, 0.6) is 0 Å². The zero-order valence-corrected chi connectivity index (χ0v) is 7.46. The van der Waals surface area contributed by atoms with Gasteiger partial charge >= 0.3 is 0 Å². The maximum Gasteiger partial charge on any atom is 0.103 e. The Morgan fingerprint density at radius 3 is 2.92 bits per heavy atom. The van der Waals surface area contributed by atoms with Crippen LogP contribution in [-0.2, 0) is 6.42 Å². The van der Waals surface area contributed by atoms with Gasteiger partial charge in [0.1, 0.15) is 5.76 Å². The van der Waals surface area contributed by atoms with E-state index in [-0.39, 0.29) is 0 Å². The van der Waals surface area contributed by atoms with Gasteiger partial charge in [-0.2, -0.15) is 0 Å². The second-order valence-corrected chi connectivity index (χ2v) is 2.97. The van der Waals surface area contributed by atoms with E-state index in [9.17, 15) is 0 Å². The molecule has 0 saturated heterocycles. The van der Waals surface area contributed by atoms with Gasteiger partial charge in [-0.05, 0) is 31.4 Å². The van der Waals surface area contributed by atoms with E-state index in [1.54, 1.807) is 6.26 Å². The summed E-state index contributed by atoms with van der Waals surface area (Å²) in [5.41, 5.74) is 0. The van der Waals surface area contributed by atoms with Gasteiger partial charge in [0, 0.05) is 6.42 Å². The molecule has 0 radical (unpaired) electrons. The summed E-state index contributed by atoms with van der Waals surface area (Å²) in [5.74, 6) is 1.11. The molecule has 1 rings (SSSR count). The van der Waals surface area contributed by atoms with Crippen molar-refractivity contribution in [1.82, 2.24) is 0 Å². The van der Waals surface area contributed by atoms with Crippen LogP contribution in [0.4, 0.5) is 0 Å². The lowest BCUT2D eigenvalue weighted by Gasteiger charge is -1.95. The molecule has 1 aromatic heterocycles. The molecule has 1 heterocycles. The van der Waals surface area contributed by atoms with Crippen molar-refractivity contribution in [3.05, 3.63) is 36.8 Å². The lowest BCUT2D eigenvalue weighted by molar-refractivity contribution is 0.495. The van der Waals surface area contributed by atoms with Crippen LogP contribution >= 0.6 is 0 Å². The molecule has 66 valence electrons. The second kappa shape index (κ2) is 5.64. The van der Waals surface area contributed by atoms with Crippen molar-refractivity contribution < 1.29 is 4.42 Å². The average molecular weight is 164 g/mol. The van der Waals surface area contributed by atoms with E-state index in [4.69, 9.17) is 4.42 Å². The van der Waals surface area contributed by atoms with Crippen LogP contribution < -0.4 is 0 Å². The molecule has 0 unspecified atom stereocenters. The number of allylic oxidation sites excluding steroid dienone is 1. The minimum atomic E-state index is 1.07. The fourth-order valence-corrected chi connectivity index (χ4v) is 1.22. The van der Waals surface area contributed by atoms with Crippen LogP contribution in [0.1, 0.15) is 31.4 Å². The quantitative estimate of drug-likeness (QED) is 0.462. The van der Waals surface area contributed by atoms with Crippen LogP contribution in [0.2, 0.25) is 0 Å². The molecule has 0 spiro atoms. The molecule has 0 atom stereocenters. The van der Waals surface area contributed by atoms with E-state index in [0.29, 0.717) is 0 Å². The molecule has 1 nitrogen and oxygen atoms in total. The van der Waals surface area contributed by atoms with E-state index in [0.717, 1.165) is 18.6 Å². The Morgan fingerprint density at radius 1 is 1.33 bits per heavy atom. The summed E-state index contributed by atoms with van der Waals surface area (Å²) < 4.78 is 5.22. The van der Waals surface area contributed by atoms with Gasteiger partial charge in [-0.15, -0.1) is 6.58 Å². The van der Waals surface area contributed by atoms with Crippen molar-refractivity contribution >= 4 is 0 Å². The maximum atomic E-state index is 5.22. The highest BCUT2D eigenvalue weighted by Gasteiger charge is 1.94. The molecule has 0 N–H and O–H groups in total. The highest BCUT2D eigenvalue weighted by Crippen LogP contribution is 2.07. The summed E-state index contributed by atoms with van der Waals surface area (Å²) in [6.07, 6.45) is 9.67. The van der Waals surface area contributed by atoms with Gasteiger partial charge in [0.05, 0.1) is 6.26 Å². The normalized spacial score (nSPS) is 10.0. The first-order valence-corrected chi connectivity index (χ1v) is 4.57. The Morgan fingerprint density at radius 2 is 2.25 bits per heavy atom. The Kier molecular flexibility index (Phi) is 4.28. The van der Waals surface area contributed by atoms with E-state index in [1.165, 1.54) is 19.3 Å². The molecule has 0 aliphatic rings. The molecule has 1 heteroatoms. The number of furan rings is 1. The number of unbranched alkanes of at least 4 members (excludes halogenated alkanes) is 3. The molecular weight excluding hydrogens is 148 g/mol. The standard InChI is InChI=1S/C11H16O/c1-2-3-4-5-6-8-11-9-7-10-12-11/h2,7,9-10H,1,3-6,8H2. The van der Waals surface area contributed by atoms with Crippen LogP contribution in [0.3, 0.4) is 0 Å². The lowest BCUT2D eigenvalue weighted by Crippen LogP contribution is -1.81. The van der Waals surface area contributed by atoms with Crippen LogP contribution in [0.25, 0.3) is 0 Å².